The second-order valence-corrected chi connectivity index (χ2v) is 5.84. The standard InChI is InChI=1S/C18H13ClO4/c19-12-3-1-11(2-4-12)17-8-16(20)15-6-5-13(7-18(15)23-17)21-9-14-10-22-14/h1-8,14H,9-10H2. The summed E-state index contributed by atoms with van der Waals surface area (Å²) in [7, 11) is 0. The average molecular weight is 329 g/mol. The maximum absolute atomic E-state index is 12.3. The van der Waals surface area contributed by atoms with Gasteiger partial charge in [0.1, 0.15) is 29.8 Å². The van der Waals surface area contributed by atoms with Crippen molar-refractivity contribution in [3.8, 4) is 17.1 Å². The molecule has 0 spiro atoms. The summed E-state index contributed by atoms with van der Waals surface area (Å²) >= 11 is 5.89. The summed E-state index contributed by atoms with van der Waals surface area (Å²) in [6.45, 7) is 1.25. The van der Waals surface area contributed by atoms with Crippen molar-refractivity contribution in [3.05, 3.63) is 63.8 Å². The minimum Gasteiger partial charge on any atom is -0.491 e. The predicted octanol–water partition coefficient (Wildman–Crippen LogP) is 3.89. The van der Waals surface area contributed by atoms with Crippen LogP contribution < -0.4 is 10.2 Å². The van der Waals surface area contributed by atoms with E-state index in [4.69, 9.17) is 25.5 Å². The van der Waals surface area contributed by atoms with Gasteiger partial charge in [0.05, 0.1) is 12.0 Å². The van der Waals surface area contributed by atoms with Crippen molar-refractivity contribution in [1.29, 1.82) is 0 Å². The molecule has 4 nitrogen and oxygen atoms in total. The predicted molar refractivity (Wildman–Crippen MR) is 88.2 cm³/mol. The molecule has 5 heteroatoms. The lowest BCUT2D eigenvalue weighted by Gasteiger charge is -2.07. The minimum absolute atomic E-state index is 0.0896. The first-order valence-corrected chi connectivity index (χ1v) is 7.65. The van der Waals surface area contributed by atoms with Gasteiger partial charge in [-0.2, -0.15) is 0 Å². The van der Waals surface area contributed by atoms with Gasteiger partial charge in [0.25, 0.3) is 0 Å². The number of ether oxygens (including phenoxy) is 2. The number of benzene rings is 2. The van der Waals surface area contributed by atoms with Crippen LogP contribution in [0, 0.1) is 0 Å². The van der Waals surface area contributed by atoms with Crippen LogP contribution >= 0.6 is 11.6 Å². The lowest BCUT2D eigenvalue weighted by atomic mass is 10.1. The Bertz CT molecular complexity index is 910. The molecule has 2 heterocycles. The lowest BCUT2D eigenvalue weighted by Crippen LogP contribution is -2.05. The van der Waals surface area contributed by atoms with E-state index in [1.807, 2.05) is 12.1 Å². The number of epoxide rings is 1. The monoisotopic (exact) mass is 328 g/mol. The molecule has 0 amide bonds. The molecule has 23 heavy (non-hydrogen) atoms. The van der Waals surface area contributed by atoms with Crippen molar-refractivity contribution in [2.24, 2.45) is 0 Å². The topological polar surface area (TPSA) is 52.0 Å². The molecule has 1 aromatic heterocycles. The van der Waals surface area contributed by atoms with Gasteiger partial charge in [-0.1, -0.05) is 11.6 Å². The van der Waals surface area contributed by atoms with E-state index in [1.165, 1.54) is 6.07 Å². The van der Waals surface area contributed by atoms with Gasteiger partial charge in [0.2, 0.25) is 0 Å². The smallest absolute Gasteiger partial charge is 0.193 e. The Labute approximate surface area is 137 Å². The van der Waals surface area contributed by atoms with Crippen molar-refractivity contribution < 1.29 is 13.9 Å². The second-order valence-electron chi connectivity index (χ2n) is 5.41. The highest BCUT2D eigenvalue weighted by Crippen LogP contribution is 2.26. The fourth-order valence-corrected chi connectivity index (χ4v) is 2.46. The van der Waals surface area contributed by atoms with Crippen LogP contribution in [0.15, 0.2) is 57.7 Å². The molecule has 0 aliphatic carbocycles. The summed E-state index contributed by atoms with van der Waals surface area (Å²) in [6, 6.07) is 13.9. The molecule has 1 unspecified atom stereocenters. The maximum Gasteiger partial charge on any atom is 0.193 e. The van der Waals surface area contributed by atoms with E-state index in [0.717, 1.165) is 12.2 Å². The van der Waals surface area contributed by atoms with Gasteiger partial charge in [-0.25, -0.2) is 0 Å². The first kappa shape index (κ1) is 14.3. The van der Waals surface area contributed by atoms with Gasteiger partial charge in [-0.3, -0.25) is 4.79 Å². The normalized spacial score (nSPS) is 16.5. The summed E-state index contributed by atoms with van der Waals surface area (Å²) in [4.78, 5) is 12.3. The number of hydrogen-bond donors (Lipinski definition) is 0. The summed E-state index contributed by atoms with van der Waals surface area (Å²) in [5, 5.41) is 1.16. The Morgan fingerprint density at radius 2 is 1.91 bits per heavy atom. The molecular weight excluding hydrogens is 316 g/mol. The van der Waals surface area contributed by atoms with Gasteiger partial charge in [-0.15, -0.1) is 0 Å². The number of rotatable bonds is 4. The van der Waals surface area contributed by atoms with Gasteiger partial charge in [0.15, 0.2) is 5.43 Å². The quantitative estimate of drug-likeness (QED) is 0.682. The highest BCUT2D eigenvalue weighted by molar-refractivity contribution is 6.30. The van der Waals surface area contributed by atoms with E-state index in [0.29, 0.717) is 34.1 Å². The van der Waals surface area contributed by atoms with Crippen molar-refractivity contribution in [1.82, 2.24) is 0 Å². The van der Waals surface area contributed by atoms with Crippen LogP contribution in [0.5, 0.6) is 5.75 Å². The third kappa shape index (κ3) is 3.09. The van der Waals surface area contributed by atoms with Gasteiger partial charge < -0.3 is 13.9 Å². The Morgan fingerprint density at radius 3 is 2.65 bits per heavy atom. The molecule has 4 rings (SSSR count). The zero-order chi connectivity index (χ0) is 15.8. The summed E-state index contributed by atoms with van der Waals surface area (Å²) in [6.07, 6.45) is 0.179. The van der Waals surface area contributed by atoms with E-state index >= 15 is 0 Å². The third-order valence-corrected chi connectivity index (χ3v) is 3.92. The fraction of sp³-hybridized carbons (Fsp3) is 0.167. The van der Waals surface area contributed by atoms with E-state index in [1.54, 1.807) is 30.3 Å². The first-order chi connectivity index (χ1) is 11.2. The highest BCUT2D eigenvalue weighted by Gasteiger charge is 2.23. The van der Waals surface area contributed by atoms with Crippen LogP contribution in [0.1, 0.15) is 0 Å². The summed E-state index contributed by atoms with van der Waals surface area (Å²) in [5.74, 6) is 1.16. The molecule has 1 atom stereocenters. The molecule has 1 aliphatic rings. The molecule has 116 valence electrons. The van der Waals surface area contributed by atoms with E-state index in [9.17, 15) is 4.79 Å². The summed E-state index contributed by atoms with van der Waals surface area (Å²) < 4.78 is 16.6. The Morgan fingerprint density at radius 1 is 1.13 bits per heavy atom. The van der Waals surface area contributed by atoms with Gasteiger partial charge in [-0.05, 0) is 36.4 Å². The lowest BCUT2D eigenvalue weighted by molar-refractivity contribution is 0.263. The molecule has 0 N–H and O–H groups in total. The molecule has 3 aromatic rings. The van der Waals surface area contributed by atoms with Crippen LogP contribution in [0.25, 0.3) is 22.3 Å². The van der Waals surface area contributed by atoms with Gasteiger partial charge >= 0.3 is 0 Å². The number of halogens is 1. The molecule has 0 saturated carbocycles. The average Bonchev–Trinajstić information content (AvgIpc) is 3.37. The molecule has 1 saturated heterocycles. The van der Waals surface area contributed by atoms with Crippen LogP contribution in [0.4, 0.5) is 0 Å². The van der Waals surface area contributed by atoms with E-state index < -0.39 is 0 Å². The van der Waals surface area contributed by atoms with Crippen LogP contribution in [-0.2, 0) is 4.74 Å². The van der Waals surface area contributed by atoms with Crippen molar-refractivity contribution in [2.45, 2.75) is 6.10 Å². The van der Waals surface area contributed by atoms with E-state index in [2.05, 4.69) is 0 Å². The molecule has 1 fully saturated rings. The Hall–Kier alpha value is -2.30. The number of fused-ring (bicyclic) bond motifs is 1. The first-order valence-electron chi connectivity index (χ1n) is 7.27. The molecular formula is C18H13ClO4. The van der Waals surface area contributed by atoms with Crippen LogP contribution in [0.3, 0.4) is 0 Å². The maximum atomic E-state index is 12.3. The largest absolute Gasteiger partial charge is 0.491 e. The Kier molecular flexibility index (Phi) is 3.56. The van der Waals surface area contributed by atoms with Crippen LogP contribution in [0.2, 0.25) is 5.02 Å². The SMILES string of the molecule is O=c1cc(-c2ccc(Cl)cc2)oc2cc(OCC3CO3)ccc12. The molecule has 1 aliphatic heterocycles. The zero-order valence-corrected chi connectivity index (χ0v) is 12.9. The number of hydrogen-bond acceptors (Lipinski definition) is 4. The van der Waals surface area contributed by atoms with Crippen LogP contribution in [-0.4, -0.2) is 19.3 Å². The van der Waals surface area contributed by atoms with Crippen molar-refractivity contribution >= 4 is 22.6 Å². The molecule has 0 bridgehead atoms. The van der Waals surface area contributed by atoms with Gasteiger partial charge in [0, 0.05) is 22.7 Å². The molecule has 0 radical (unpaired) electrons. The fourth-order valence-electron chi connectivity index (χ4n) is 2.34. The Balaban J connectivity index is 1.74. The van der Waals surface area contributed by atoms with E-state index in [-0.39, 0.29) is 11.5 Å². The zero-order valence-electron chi connectivity index (χ0n) is 12.1. The second kappa shape index (κ2) is 5.72. The third-order valence-electron chi connectivity index (χ3n) is 3.67. The highest BCUT2D eigenvalue weighted by atomic mass is 35.5. The summed E-state index contributed by atoms with van der Waals surface area (Å²) in [5.41, 5.74) is 1.20. The van der Waals surface area contributed by atoms with Crippen molar-refractivity contribution in [3.63, 3.8) is 0 Å². The molecule has 2 aromatic carbocycles. The minimum atomic E-state index is -0.0896. The van der Waals surface area contributed by atoms with Crippen molar-refractivity contribution in [2.75, 3.05) is 13.2 Å².